The topological polar surface area (TPSA) is 123 Å². The van der Waals surface area contributed by atoms with Crippen LogP contribution in [0.1, 0.15) is 110 Å². The van der Waals surface area contributed by atoms with Crippen LogP contribution in [0.15, 0.2) is 27.7 Å². The smallest absolute Gasteiger partial charge is 0.396 e. The molecule has 0 aliphatic heterocycles. The first-order valence-electron chi connectivity index (χ1n) is 15.4. The van der Waals surface area contributed by atoms with Gasteiger partial charge in [0.05, 0.1) is 12.7 Å². The van der Waals surface area contributed by atoms with E-state index < -0.39 is 22.2 Å². The Morgan fingerprint density at radius 1 is 1.02 bits per heavy atom. The van der Waals surface area contributed by atoms with Gasteiger partial charge in [0, 0.05) is 22.2 Å². The summed E-state index contributed by atoms with van der Waals surface area (Å²) in [5.74, 6) is -0.344. The second-order valence-electron chi connectivity index (χ2n) is 15.7. The highest BCUT2D eigenvalue weighted by Gasteiger charge is 2.69. The van der Waals surface area contributed by atoms with Crippen LogP contribution < -0.4 is 0 Å². The molecule has 224 valence electrons. The van der Waals surface area contributed by atoms with E-state index in [1.54, 1.807) is 0 Å². The van der Waals surface area contributed by atoms with Crippen LogP contribution >= 0.6 is 0 Å². The largest absolute Gasteiger partial charge is 0.462 e. The van der Waals surface area contributed by atoms with E-state index in [0.29, 0.717) is 5.89 Å². The van der Waals surface area contributed by atoms with Crippen molar-refractivity contribution in [3.8, 4) is 6.07 Å². The van der Waals surface area contributed by atoms with Gasteiger partial charge in [-0.05, 0) is 79.1 Å². The normalized spacial score (nSPS) is 43.9. The minimum atomic E-state index is -0.680. The standard InChI is InChI=1S/C34H43N3O5/c1-29(2)22-9-10-33(6)23(32(22,5)16-19(18-35)25(29)39)15-21(38)24-20-17-31(4,28-37-36-26(42-28)27(40)41-8)12-11-30(20,3)13-14-34(24,33)7/h15-16,20,22,24H,9-14,17H2,1-8H3/t20-,22-,24-,30+,31-,32-,33+,34+/m0/s1. The molecular formula is C34H43N3O5. The molecule has 8 heteroatoms. The molecule has 8 atom stereocenters. The van der Waals surface area contributed by atoms with Crippen molar-refractivity contribution in [2.24, 2.45) is 44.8 Å². The number of hydrogen-bond donors (Lipinski definition) is 0. The van der Waals surface area contributed by atoms with Crippen molar-refractivity contribution in [2.75, 3.05) is 7.11 Å². The van der Waals surface area contributed by atoms with Gasteiger partial charge in [0.2, 0.25) is 5.89 Å². The molecule has 0 radical (unpaired) electrons. The Labute approximate surface area is 248 Å². The number of esters is 1. The first-order valence-corrected chi connectivity index (χ1v) is 15.4. The molecule has 8 nitrogen and oxygen atoms in total. The summed E-state index contributed by atoms with van der Waals surface area (Å²) < 4.78 is 10.6. The fraction of sp³-hybridized carbons (Fsp3) is 0.706. The molecule has 5 aliphatic rings. The summed E-state index contributed by atoms with van der Waals surface area (Å²) in [5.41, 5.74) is -0.922. The zero-order valence-corrected chi connectivity index (χ0v) is 26.2. The van der Waals surface area contributed by atoms with Crippen molar-refractivity contribution in [3.63, 3.8) is 0 Å². The number of nitriles is 1. The van der Waals surface area contributed by atoms with Crippen molar-refractivity contribution in [1.29, 1.82) is 5.26 Å². The van der Waals surface area contributed by atoms with Crippen LogP contribution in [0.2, 0.25) is 0 Å². The third-order valence-electron chi connectivity index (χ3n) is 13.4. The maximum Gasteiger partial charge on any atom is 0.396 e. The van der Waals surface area contributed by atoms with Crippen molar-refractivity contribution < 1.29 is 23.5 Å². The van der Waals surface area contributed by atoms with E-state index in [1.807, 2.05) is 26.0 Å². The number of fused-ring (bicyclic) bond motifs is 7. The monoisotopic (exact) mass is 573 g/mol. The molecule has 0 bridgehead atoms. The van der Waals surface area contributed by atoms with Gasteiger partial charge in [-0.15, -0.1) is 10.2 Å². The molecule has 0 saturated heterocycles. The van der Waals surface area contributed by atoms with Gasteiger partial charge in [-0.2, -0.15) is 5.26 Å². The number of Topliss-reactive ketones (excluding diaryl/α,β-unsaturated/α-hetero) is 1. The molecule has 0 aromatic carbocycles. The first kappa shape index (κ1) is 29.0. The Bertz CT molecular complexity index is 1510. The minimum absolute atomic E-state index is 0.000480. The number of carbonyl (C=O) groups is 3. The lowest BCUT2D eigenvalue weighted by molar-refractivity contribution is -0.166. The Kier molecular flexibility index (Phi) is 6.03. The maximum absolute atomic E-state index is 14.6. The Morgan fingerprint density at radius 3 is 2.38 bits per heavy atom. The molecule has 0 N–H and O–H groups in total. The number of ketones is 2. The Balaban J connectivity index is 1.45. The molecule has 1 aromatic heterocycles. The quantitative estimate of drug-likeness (QED) is 0.376. The number of rotatable bonds is 2. The zero-order chi connectivity index (χ0) is 30.7. The van der Waals surface area contributed by atoms with Gasteiger partial charge in [0.1, 0.15) is 6.07 Å². The summed E-state index contributed by atoms with van der Waals surface area (Å²) in [6, 6.07) is 2.18. The second kappa shape index (κ2) is 8.74. The highest BCUT2D eigenvalue weighted by atomic mass is 16.5. The van der Waals surface area contributed by atoms with Crippen LogP contribution in [0.3, 0.4) is 0 Å². The van der Waals surface area contributed by atoms with Gasteiger partial charge in [0.25, 0.3) is 0 Å². The van der Waals surface area contributed by atoms with Crippen LogP contribution in [0.4, 0.5) is 0 Å². The summed E-state index contributed by atoms with van der Waals surface area (Å²) in [5, 5.41) is 18.2. The fourth-order valence-corrected chi connectivity index (χ4v) is 10.6. The highest BCUT2D eigenvalue weighted by Crippen LogP contribution is 2.74. The molecule has 5 aliphatic carbocycles. The van der Waals surface area contributed by atoms with Gasteiger partial charge in [-0.3, -0.25) is 9.59 Å². The molecular weight excluding hydrogens is 530 g/mol. The molecule has 0 unspecified atom stereocenters. The molecule has 42 heavy (non-hydrogen) atoms. The molecule has 1 aromatic rings. The molecule has 0 spiro atoms. The predicted octanol–water partition coefficient (Wildman–Crippen LogP) is 6.33. The molecule has 3 saturated carbocycles. The zero-order valence-electron chi connectivity index (χ0n) is 26.2. The van der Waals surface area contributed by atoms with Crippen LogP contribution in [0.25, 0.3) is 0 Å². The number of allylic oxidation sites excluding steroid dienone is 4. The van der Waals surface area contributed by atoms with Crippen molar-refractivity contribution in [1.82, 2.24) is 10.2 Å². The van der Waals surface area contributed by atoms with E-state index >= 15 is 0 Å². The first-order chi connectivity index (χ1) is 19.5. The number of methoxy groups -OCH3 is 1. The van der Waals surface area contributed by atoms with Crippen LogP contribution in [-0.2, 0) is 19.7 Å². The summed E-state index contributed by atoms with van der Waals surface area (Å²) in [6.07, 6.45) is 10.1. The average molecular weight is 574 g/mol. The highest BCUT2D eigenvalue weighted by molar-refractivity contribution is 6.04. The number of aromatic nitrogens is 2. The van der Waals surface area contributed by atoms with E-state index in [0.717, 1.165) is 50.5 Å². The third kappa shape index (κ3) is 3.48. The second-order valence-corrected chi connectivity index (χ2v) is 15.7. The van der Waals surface area contributed by atoms with Gasteiger partial charge in [-0.1, -0.05) is 60.1 Å². The van der Waals surface area contributed by atoms with Crippen LogP contribution in [0.5, 0.6) is 0 Å². The van der Waals surface area contributed by atoms with Gasteiger partial charge in [-0.25, -0.2) is 4.79 Å². The lowest BCUT2D eigenvalue weighted by Gasteiger charge is -2.69. The van der Waals surface area contributed by atoms with Crippen LogP contribution in [0, 0.1) is 56.2 Å². The number of nitrogens with zero attached hydrogens (tertiary/aromatic N) is 3. The van der Waals surface area contributed by atoms with Gasteiger partial charge >= 0.3 is 11.9 Å². The Morgan fingerprint density at radius 2 is 1.71 bits per heavy atom. The molecule has 1 heterocycles. The maximum atomic E-state index is 14.6. The lowest BCUT2D eigenvalue weighted by Crippen LogP contribution is -2.64. The SMILES string of the molecule is COC(=O)c1nnc([C@@]2(C)CC[C@]3(C)CC[C@]4(C)[C@H](C(=O)C=C5[C@@]6(C)C=C(C#N)C(=O)C(C)(C)[C@@H]6CC[C@]54C)[C@@H]3C2)o1. The number of carbonyl (C=O) groups excluding carboxylic acids is 3. The van der Waals surface area contributed by atoms with Gasteiger partial charge in [0.15, 0.2) is 11.6 Å². The molecule has 0 amide bonds. The van der Waals surface area contributed by atoms with Crippen LogP contribution in [-0.4, -0.2) is 34.8 Å². The third-order valence-corrected chi connectivity index (χ3v) is 13.4. The number of hydrogen-bond acceptors (Lipinski definition) is 8. The van der Waals surface area contributed by atoms with Crippen molar-refractivity contribution >= 4 is 17.5 Å². The van der Waals surface area contributed by atoms with Crippen molar-refractivity contribution in [2.45, 2.75) is 98.8 Å². The van der Waals surface area contributed by atoms with E-state index in [1.165, 1.54) is 7.11 Å². The van der Waals surface area contributed by atoms with E-state index in [-0.39, 0.29) is 57.0 Å². The van der Waals surface area contributed by atoms with Crippen molar-refractivity contribution in [3.05, 3.63) is 35.1 Å². The Hall–Kier alpha value is -3.08. The summed E-state index contributed by atoms with van der Waals surface area (Å²) in [4.78, 5) is 39.9. The summed E-state index contributed by atoms with van der Waals surface area (Å²) in [7, 11) is 1.29. The summed E-state index contributed by atoms with van der Waals surface area (Å²) in [6.45, 7) is 15.2. The van der Waals surface area contributed by atoms with Gasteiger partial charge < -0.3 is 9.15 Å². The number of ether oxygens (including phenoxy) is 1. The average Bonchev–Trinajstić information content (AvgIpc) is 3.44. The van der Waals surface area contributed by atoms with E-state index in [2.05, 4.69) is 50.9 Å². The predicted molar refractivity (Wildman–Crippen MR) is 154 cm³/mol. The van der Waals surface area contributed by atoms with E-state index in [9.17, 15) is 19.6 Å². The fourth-order valence-electron chi connectivity index (χ4n) is 10.6. The lowest BCUT2D eigenvalue weighted by atomic mass is 9.34. The van der Waals surface area contributed by atoms with E-state index in [4.69, 9.17) is 9.15 Å². The minimum Gasteiger partial charge on any atom is -0.462 e. The summed E-state index contributed by atoms with van der Waals surface area (Å²) >= 11 is 0. The molecule has 6 rings (SSSR count). The molecule has 3 fully saturated rings.